The Morgan fingerprint density at radius 3 is 2.70 bits per heavy atom. The Morgan fingerprint density at radius 1 is 1.33 bits per heavy atom. The number of nitrogens with two attached hydrogens (primary N) is 1. The zero-order valence-corrected chi connectivity index (χ0v) is 15.7. The number of fused-ring (bicyclic) bond motifs is 1. The number of allylic oxidation sites excluding steroid dienone is 1. The van der Waals surface area contributed by atoms with Crippen LogP contribution in [-0.4, -0.2) is 38.1 Å². The van der Waals surface area contributed by atoms with Crippen molar-refractivity contribution in [2.24, 2.45) is 10.7 Å². The SMILES string of the molecule is CC1CCc2c(ccc(C(C=NC3CC3)=CN)c2OCCC(F)(F)F)N1C. The number of hydrogen-bond acceptors (Lipinski definition) is 4. The maximum Gasteiger partial charge on any atom is 0.392 e. The highest BCUT2D eigenvalue weighted by atomic mass is 19.4. The third kappa shape index (κ3) is 4.76. The van der Waals surface area contributed by atoms with Gasteiger partial charge in [-0.3, -0.25) is 4.99 Å². The van der Waals surface area contributed by atoms with Gasteiger partial charge in [-0.05, 0) is 44.7 Å². The van der Waals surface area contributed by atoms with Gasteiger partial charge in [0.25, 0.3) is 0 Å². The topological polar surface area (TPSA) is 50.9 Å². The second-order valence-corrected chi connectivity index (χ2v) is 7.28. The monoisotopic (exact) mass is 381 g/mol. The van der Waals surface area contributed by atoms with E-state index in [2.05, 4.69) is 16.8 Å². The lowest BCUT2D eigenvalue weighted by Crippen LogP contribution is -2.34. The molecule has 148 valence electrons. The number of alkyl halides is 3. The molecule has 2 aliphatic rings. The molecule has 1 atom stereocenters. The van der Waals surface area contributed by atoms with E-state index < -0.39 is 19.2 Å². The van der Waals surface area contributed by atoms with Crippen LogP contribution in [0.25, 0.3) is 5.57 Å². The second kappa shape index (κ2) is 7.82. The van der Waals surface area contributed by atoms with Crippen molar-refractivity contribution in [2.75, 3.05) is 18.6 Å². The number of nitrogens with zero attached hydrogens (tertiary/aromatic N) is 2. The molecule has 1 aromatic rings. The van der Waals surface area contributed by atoms with Gasteiger partial charge in [-0.25, -0.2) is 0 Å². The molecule has 0 amide bonds. The summed E-state index contributed by atoms with van der Waals surface area (Å²) in [6.07, 6.45) is 1.73. The predicted octanol–water partition coefficient (Wildman–Crippen LogP) is 4.32. The fraction of sp³-hybridized carbons (Fsp3) is 0.550. The molecular formula is C20H26F3N3O. The van der Waals surface area contributed by atoms with Crippen LogP contribution in [0, 0.1) is 0 Å². The second-order valence-electron chi connectivity index (χ2n) is 7.28. The molecule has 1 fully saturated rings. The van der Waals surface area contributed by atoms with Crippen molar-refractivity contribution in [3.63, 3.8) is 0 Å². The Bertz CT molecular complexity index is 739. The quantitative estimate of drug-likeness (QED) is 0.747. The predicted molar refractivity (Wildman–Crippen MR) is 102 cm³/mol. The first kappa shape index (κ1) is 19.6. The van der Waals surface area contributed by atoms with Crippen molar-refractivity contribution in [3.05, 3.63) is 29.5 Å². The van der Waals surface area contributed by atoms with Crippen LogP contribution in [0.1, 0.15) is 43.7 Å². The number of anilines is 1. The smallest absolute Gasteiger partial charge is 0.392 e. The van der Waals surface area contributed by atoms with Crippen LogP contribution in [0.2, 0.25) is 0 Å². The molecule has 0 bridgehead atoms. The number of aliphatic imine (C=N–C) groups is 1. The number of halogens is 3. The van der Waals surface area contributed by atoms with Crippen molar-refractivity contribution >= 4 is 17.5 Å². The highest BCUT2D eigenvalue weighted by Crippen LogP contribution is 2.41. The Labute approximate surface area is 157 Å². The van der Waals surface area contributed by atoms with E-state index in [0.717, 1.165) is 36.9 Å². The van der Waals surface area contributed by atoms with Gasteiger partial charge in [0, 0.05) is 47.9 Å². The maximum atomic E-state index is 12.6. The zero-order valence-electron chi connectivity index (χ0n) is 15.7. The maximum absolute atomic E-state index is 12.6. The average Bonchev–Trinajstić information content (AvgIpc) is 3.43. The lowest BCUT2D eigenvalue weighted by molar-refractivity contribution is -0.139. The van der Waals surface area contributed by atoms with Gasteiger partial charge >= 0.3 is 6.18 Å². The number of benzene rings is 1. The highest BCUT2D eigenvalue weighted by Gasteiger charge is 2.29. The van der Waals surface area contributed by atoms with E-state index in [1.807, 2.05) is 19.2 Å². The van der Waals surface area contributed by atoms with Crippen LogP contribution < -0.4 is 15.4 Å². The van der Waals surface area contributed by atoms with E-state index in [1.165, 1.54) is 6.20 Å². The fourth-order valence-corrected chi connectivity index (χ4v) is 3.25. The lowest BCUT2D eigenvalue weighted by Gasteiger charge is -2.35. The molecule has 1 saturated carbocycles. The summed E-state index contributed by atoms with van der Waals surface area (Å²) in [6, 6.07) is 4.56. The minimum Gasteiger partial charge on any atom is -0.492 e. The molecule has 0 spiro atoms. The van der Waals surface area contributed by atoms with E-state index >= 15 is 0 Å². The lowest BCUT2D eigenvalue weighted by atomic mass is 9.92. The van der Waals surface area contributed by atoms with E-state index in [4.69, 9.17) is 10.5 Å². The zero-order chi connectivity index (χ0) is 19.6. The summed E-state index contributed by atoms with van der Waals surface area (Å²) in [5.41, 5.74) is 9.11. The van der Waals surface area contributed by atoms with Gasteiger partial charge in [0.05, 0.1) is 19.1 Å². The molecule has 1 heterocycles. The van der Waals surface area contributed by atoms with Crippen LogP contribution >= 0.6 is 0 Å². The molecular weight excluding hydrogens is 355 g/mol. The molecule has 1 aliphatic carbocycles. The molecule has 1 unspecified atom stereocenters. The molecule has 1 aromatic carbocycles. The molecule has 0 aromatic heterocycles. The Kier molecular flexibility index (Phi) is 5.67. The first-order chi connectivity index (χ1) is 12.8. The molecule has 0 radical (unpaired) electrons. The number of hydrogen-bond donors (Lipinski definition) is 1. The van der Waals surface area contributed by atoms with Crippen LogP contribution in [0.5, 0.6) is 5.75 Å². The Morgan fingerprint density at radius 2 is 2.07 bits per heavy atom. The minimum atomic E-state index is -4.25. The Balaban J connectivity index is 1.96. The molecule has 4 nitrogen and oxygen atoms in total. The van der Waals surface area contributed by atoms with Crippen molar-refractivity contribution in [3.8, 4) is 5.75 Å². The van der Waals surface area contributed by atoms with Crippen LogP contribution in [-0.2, 0) is 6.42 Å². The van der Waals surface area contributed by atoms with Crippen molar-refractivity contribution in [2.45, 2.75) is 57.3 Å². The summed E-state index contributed by atoms with van der Waals surface area (Å²) in [7, 11) is 2.00. The van der Waals surface area contributed by atoms with Crippen LogP contribution in [0.3, 0.4) is 0 Å². The highest BCUT2D eigenvalue weighted by molar-refractivity contribution is 6.11. The molecule has 3 rings (SSSR count). The number of rotatable bonds is 6. The minimum absolute atomic E-state index is 0.333. The summed E-state index contributed by atoms with van der Waals surface area (Å²) < 4.78 is 43.5. The van der Waals surface area contributed by atoms with Crippen molar-refractivity contribution < 1.29 is 17.9 Å². The van der Waals surface area contributed by atoms with Gasteiger partial charge < -0.3 is 15.4 Å². The van der Waals surface area contributed by atoms with Crippen LogP contribution in [0.4, 0.5) is 18.9 Å². The molecule has 7 heteroatoms. The average molecular weight is 381 g/mol. The van der Waals surface area contributed by atoms with Gasteiger partial charge in [0.1, 0.15) is 5.75 Å². The van der Waals surface area contributed by atoms with E-state index in [9.17, 15) is 13.2 Å². The first-order valence-electron chi connectivity index (χ1n) is 9.34. The van der Waals surface area contributed by atoms with Gasteiger partial charge in [-0.2, -0.15) is 13.2 Å². The summed E-state index contributed by atoms with van der Waals surface area (Å²) in [5.74, 6) is 0.495. The third-order valence-electron chi connectivity index (χ3n) is 5.18. The molecule has 0 saturated heterocycles. The Hall–Kier alpha value is -2.18. The summed E-state index contributed by atoms with van der Waals surface area (Å²) in [4.78, 5) is 6.61. The van der Waals surface area contributed by atoms with Gasteiger partial charge in [-0.1, -0.05) is 0 Å². The molecule has 1 aliphatic heterocycles. The van der Waals surface area contributed by atoms with Crippen LogP contribution in [0.15, 0.2) is 23.3 Å². The van der Waals surface area contributed by atoms with Crippen molar-refractivity contribution in [1.29, 1.82) is 0 Å². The normalized spacial score (nSPS) is 20.9. The van der Waals surface area contributed by atoms with Crippen molar-refractivity contribution in [1.82, 2.24) is 0 Å². The van der Waals surface area contributed by atoms with Gasteiger partial charge in [0.15, 0.2) is 0 Å². The number of ether oxygens (including phenoxy) is 1. The first-order valence-corrected chi connectivity index (χ1v) is 9.34. The molecule has 2 N–H and O–H groups in total. The van der Waals surface area contributed by atoms with Gasteiger partial charge in [0.2, 0.25) is 0 Å². The summed E-state index contributed by atoms with van der Waals surface area (Å²) >= 11 is 0. The largest absolute Gasteiger partial charge is 0.492 e. The fourth-order valence-electron chi connectivity index (χ4n) is 3.25. The summed E-state index contributed by atoms with van der Waals surface area (Å²) in [6.45, 7) is 1.72. The van der Waals surface area contributed by atoms with E-state index in [-0.39, 0.29) is 0 Å². The van der Waals surface area contributed by atoms with Gasteiger partial charge in [-0.15, -0.1) is 0 Å². The van der Waals surface area contributed by atoms with E-state index in [0.29, 0.717) is 29.0 Å². The summed E-state index contributed by atoms with van der Waals surface area (Å²) in [5, 5.41) is 0. The third-order valence-corrected chi connectivity index (χ3v) is 5.18. The standard InChI is InChI=1S/C20H26F3N3O/c1-13-3-6-17-18(26(13)2)8-7-16(14(11-24)12-25-15-4-5-15)19(17)27-10-9-20(21,22)23/h7-8,11-13,15H,3-6,9-10,24H2,1-2H3. The van der Waals surface area contributed by atoms with E-state index in [1.54, 1.807) is 6.21 Å². The molecule has 27 heavy (non-hydrogen) atoms.